The number of imidazole rings is 1. The summed E-state index contributed by atoms with van der Waals surface area (Å²) in [6.45, 7) is 1.98. The molecule has 0 unspecified atom stereocenters. The number of rotatable bonds is 2. The Bertz CT molecular complexity index is 907. The van der Waals surface area contributed by atoms with E-state index < -0.39 is 9.84 Å². The summed E-state index contributed by atoms with van der Waals surface area (Å²) >= 11 is 1.50. The fourth-order valence-corrected chi connectivity index (χ4v) is 3.50. The van der Waals surface area contributed by atoms with E-state index in [0.717, 1.165) is 16.0 Å². The van der Waals surface area contributed by atoms with Crippen molar-refractivity contribution in [3.8, 4) is 11.4 Å². The van der Waals surface area contributed by atoms with Gasteiger partial charge in [0, 0.05) is 11.1 Å². The maximum absolute atomic E-state index is 11.6. The number of benzene rings is 1. The number of sulfone groups is 1. The molecule has 5 nitrogen and oxygen atoms in total. The van der Waals surface area contributed by atoms with Crippen LogP contribution in [-0.2, 0) is 9.84 Å². The number of anilines is 1. The topological polar surface area (TPSA) is 88.8 Å². The number of aromatic nitrogens is 2. The Morgan fingerprint density at radius 3 is 2.65 bits per heavy atom. The normalized spacial score (nSPS) is 12.1. The van der Waals surface area contributed by atoms with Gasteiger partial charge >= 0.3 is 0 Å². The largest absolute Gasteiger partial charge is 0.390 e. The van der Waals surface area contributed by atoms with Gasteiger partial charge in [-0.1, -0.05) is 0 Å². The van der Waals surface area contributed by atoms with Crippen LogP contribution in [0, 0.1) is 6.92 Å². The molecule has 0 atom stereocenters. The molecule has 0 saturated carbocycles. The quantitative estimate of drug-likeness (QED) is 0.761. The predicted octanol–water partition coefficient (Wildman–Crippen LogP) is 2.59. The van der Waals surface area contributed by atoms with Gasteiger partial charge in [-0.25, -0.2) is 13.4 Å². The summed E-state index contributed by atoms with van der Waals surface area (Å²) in [4.78, 5) is 8.97. The third-order valence-electron chi connectivity index (χ3n) is 3.02. The van der Waals surface area contributed by atoms with Crippen LogP contribution in [0.3, 0.4) is 0 Å². The van der Waals surface area contributed by atoms with Gasteiger partial charge in [-0.3, -0.25) is 0 Å². The Hall–Kier alpha value is -1.86. The van der Waals surface area contributed by atoms with Gasteiger partial charge in [0.15, 0.2) is 9.84 Å². The van der Waals surface area contributed by atoms with Crippen molar-refractivity contribution in [2.45, 2.75) is 11.8 Å². The van der Waals surface area contributed by atoms with Gasteiger partial charge in [-0.15, -0.1) is 11.3 Å². The molecule has 2 aromatic heterocycles. The first-order valence-corrected chi connectivity index (χ1v) is 8.61. The number of aromatic amines is 1. The molecule has 0 amide bonds. The highest BCUT2D eigenvalue weighted by atomic mass is 32.2. The number of thiophene rings is 1. The average Bonchev–Trinajstić information content (AvgIpc) is 2.89. The molecular weight excluding hydrogens is 294 g/mol. The molecule has 0 aliphatic rings. The molecule has 7 heteroatoms. The van der Waals surface area contributed by atoms with Gasteiger partial charge in [0.25, 0.3) is 0 Å². The van der Waals surface area contributed by atoms with Crippen molar-refractivity contribution in [1.29, 1.82) is 0 Å². The summed E-state index contributed by atoms with van der Waals surface area (Å²) < 4.78 is 23.1. The van der Waals surface area contributed by atoms with E-state index in [2.05, 4.69) is 9.97 Å². The van der Waals surface area contributed by atoms with Crippen LogP contribution in [0.5, 0.6) is 0 Å². The Labute approximate surface area is 120 Å². The number of fused-ring (bicyclic) bond motifs is 1. The number of H-pyrrole nitrogens is 1. The number of hydrogen-bond acceptors (Lipinski definition) is 5. The molecule has 3 rings (SSSR count). The van der Waals surface area contributed by atoms with Gasteiger partial charge in [-0.2, -0.15) is 0 Å². The van der Waals surface area contributed by atoms with E-state index in [4.69, 9.17) is 5.73 Å². The molecular formula is C13H13N3O2S2. The van der Waals surface area contributed by atoms with Gasteiger partial charge in [0.1, 0.15) is 5.82 Å². The van der Waals surface area contributed by atoms with E-state index in [1.807, 2.05) is 13.0 Å². The average molecular weight is 307 g/mol. The first-order chi connectivity index (χ1) is 9.34. The van der Waals surface area contributed by atoms with Crippen molar-refractivity contribution in [2.24, 2.45) is 0 Å². The monoisotopic (exact) mass is 307 g/mol. The number of nitrogen functional groups attached to an aromatic ring is 1. The van der Waals surface area contributed by atoms with E-state index in [0.29, 0.717) is 16.3 Å². The first kappa shape index (κ1) is 13.1. The highest BCUT2D eigenvalue weighted by Gasteiger charge is 2.13. The minimum Gasteiger partial charge on any atom is -0.390 e. The van der Waals surface area contributed by atoms with Crippen molar-refractivity contribution in [3.05, 3.63) is 29.1 Å². The maximum Gasteiger partial charge on any atom is 0.175 e. The first-order valence-electron chi connectivity index (χ1n) is 5.91. The lowest BCUT2D eigenvalue weighted by Crippen LogP contribution is -1.96. The number of nitrogens with two attached hydrogens (primary N) is 1. The summed E-state index contributed by atoms with van der Waals surface area (Å²) in [5, 5.41) is 0.699. The SMILES string of the molecule is Cc1cc(-c2nc3ccc(S(C)(=O)=O)cc3[nH]2)c(N)s1. The van der Waals surface area contributed by atoms with Crippen LogP contribution in [0.25, 0.3) is 22.4 Å². The molecule has 0 radical (unpaired) electrons. The minimum atomic E-state index is -3.22. The van der Waals surface area contributed by atoms with Gasteiger partial charge in [0.2, 0.25) is 0 Å². The molecule has 0 aliphatic carbocycles. The Kier molecular flexibility index (Phi) is 2.84. The fourth-order valence-electron chi connectivity index (χ4n) is 2.06. The zero-order chi connectivity index (χ0) is 14.5. The molecule has 20 heavy (non-hydrogen) atoms. The van der Waals surface area contributed by atoms with Crippen molar-refractivity contribution in [1.82, 2.24) is 9.97 Å². The van der Waals surface area contributed by atoms with Crippen molar-refractivity contribution >= 4 is 37.2 Å². The fraction of sp³-hybridized carbons (Fsp3) is 0.154. The van der Waals surface area contributed by atoms with E-state index in [1.165, 1.54) is 17.6 Å². The molecule has 0 saturated heterocycles. The highest BCUT2D eigenvalue weighted by molar-refractivity contribution is 7.90. The molecule has 0 fully saturated rings. The zero-order valence-electron chi connectivity index (χ0n) is 11.0. The van der Waals surface area contributed by atoms with Gasteiger partial charge < -0.3 is 10.7 Å². The lowest BCUT2D eigenvalue weighted by atomic mass is 10.3. The third-order valence-corrected chi connectivity index (χ3v) is 5.01. The zero-order valence-corrected chi connectivity index (χ0v) is 12.6. The lowest BCUT2D eigenvalue weighted by Gasteiger charge is -1.96. The summed E-state index contributed by atoms with van der Waals surface area (Å²) in [7, 11) is -3.22. The molecule has 1 aromatic carbocycles. The maximum atomic E-state index is 11.6. The molecule has 0 aliphatic heterocycles. The number of nitrogens with zero attached hydrogens (tertiary/aromatic N) is 1. The number of aryl methyl sites for hydroxylation is 1. The van der Waals surface area contributed by atoms with Crippen LogP contribution >= 0.6 is 11.3 Å². The van der Waals surface area contributed by atoms with Crippen LogP contribution in [-0.4, -0.2) is 24.6 Å². The third kappa shape index (κ3) is 2.19. The Morgan fingerprint density at radius 1 is 1.30 bits per heavy atom. The van der Waals surface area contributed by atoms with Crippen LogP contribution in [0.2, 0.25) is 0 Å². The van der Waals surface area contributed by atoms with Crippen molar-refractivity contribution in [3.63, 3.8) is 0 Å². The molecule has 3 aromatic rings. The van der Waals surface area contributed by atoms with Gasteiger partial charge in [0.05, 0.1) is 26.5 Å². The minimum absolute atomic E-state index is 0.273. The van der Waals surface area contributed by atoms with Crippen LogP contribution in [0.4, 0.5) is 5.00 Å². The highest BCUT2D eigenvalue weighted by Crippen LogP contribution is 2.33. The Morgan fingerprint density at radius 2 is 2.05 bits per heavy atom. The molecule has 3 N–H and O–H groups in total. The van der Waals surface area contributed by atoms with E-state index in [1.54, 1.807) is 18.2 Å². The summed E-state index contributed by atoms with van der Waals surface area (Å²) in [6.07, 6.45) is 1.19. The summed E-state index contributed by atoms with van der Waals surface area (Å²) in [5.74, 6) is 0.660. The molecule has 0 spiro atoms. The molecule has 104 valence electrons. The van der Waals surface area contributed by atoms with Crippen LogP contribution < -0.4 is 5.73 Å². The molecule has 2 heterocycles. The second-order valence-electron chi connectivity index (χ2n) is 4.67. The second kappa shape index (κ2) is 4.32. The second-order valence-corrected chi connectivity index (χ2v) is 7.98. The lowest BCUT2D eigenvalue weighted by molar-refractivity contribution is 0.602. The predicted molar refractivity (Wildman–Crippen MR) is 81.7 cm³/mol. The Balaban J connectivity index is 2.18. The summed E-state index contributed by atoms with van der Waals surface area (Å²) in [5.41, 5.74) is 8.21. The van der Waals surface area contributed by atoms with Crippen molar-refractivity contribution in [2.75, 3.05) is 12.0 Å². The van der Waals surface area contributed by atoms with Crippen molar-refractivity contribution < 1.29 is 8.42 Å². The van der Waals surface area contributed by atoms with Crippen LogP contribution in [0.15, 0.2) is 29.2 Å². The molecule has 0 bridgehead atoms. The number of nitrogens with one attached hydrogen (secondary N) is 1. The standard InChI is InChI=1S/C13H13N3O2S2/c1-7-5-9(12(14)19-7)13-15-10-4-3-8(20(2,17)18)6-11(10)16-13/h3-6H,14H2,1-2H3,(H,15,16). The van der Waals surface area contributed by atoms with E-state index in [-0.39, 0.29) is 4.90 Å². The van der Waals surface area contributed by atoms with E-state index in [9.17, 15) is 8.42 Å². The van der Waals surface area contributed by atoms with E-state index >= 15 is 0 Å². The van der Waals surface area contributed by atoms with Crippen LogP contribution in [0.1, 0.15) is 4.88 Å². The smallest absolute Gasteiger partial charge is 0.175 e. The number of hydrogen-bond donors (Lipinski definition) is 2. The van der Waals surface area contributed by atoms with Gasteiger partial charge in [-0.05, 0) is 31.2 Å². The summed E-state index contributed by atoms with van der Waals surface area (Å²) in [6, 6.07) is 6.82.